The zero-order valence-electron chi connectivity index (χ0n) is 20.8. The predicted molar refractivity (Wildman–Crippen MR) is 149 cm³/mol. The van der Waals surface area contributed by atoms with Gasteiger partial charge in [-0.3, -0.25) is 19.3 Å². The molecule has 5 rings (SSSR count). The minimum Gasteiger partial charge on any atom is -0.455 e. The summed E-state index contributed by atoms with van der Waals surface area (Å²) in [7, 11) is -4.67. The molecule has 0 radical (unpaired) electrons. The molecule has 200 valence electrons. The monoisotopic (exact) mass is 548 g/mol. The van der Waals surface area contributed by atoms with Gasteiger partial charge in [0.15, 0.2) is 11.5 Å². The summed E-state index contributed by atoms with van der Waals surface area (Å²) in [5.41, 5.74) is 9.68. The molecular weight excluding hydrogens is 524 g/mol. The molecule has 0 atom stereocenters. The van der Waals surface area contributed by atoms with Crippen molar-refractivity contribution in [1.82, 2.24) is 5.43 Å². The Morgan fingerprint density at radius 2 is 1.21 bits per heavy atom. The van der Waals surface area contributed by atoms with Crippen molar-refractivity contribution in [3.63, 3.8) is 0 Å². The maximum Gasteiger partial charge on any atom is 0.394 e. The van der Waals surface area contributed by atoms with Crippen LogP contribution in [0.3, 0.4) is 0 Å². The Hall–Kier alpha value is -4.78. The number of amides is 1. The standard InChI is InChI=1S/C27H22N4O3.H2O4S/c1-17(25-15-20-7-3-5-9-23(20)33-25)28-30-22-13-11-19(12-14-22)27(32)31-29-18(2)26-16-21-8-4-6-10-24(21)34-26;1-5(2,3)4/h3-16,30H,1-2H3,(H,31,32);(H2,1,2,3,4)/b28-17+,29-18+;. The molecule has 0 bridgehead atoms. The average Bonchev–Trinajstić information content (AvgIpc) is 3.54. The fraction of sp³-hybridized carbons (Fsp3) is 0.0741. The molecule has 5 aromatic rings. The molecule has 4 N–H and O–H groups in total. The van der Waals surface area contributed by atoms with Gasteiger partial charge >= 0.3 is 10.4 Å². The van der Waals surface area contributed by atoms with Crippen LogP contribution in [-0.4, -0.2) is 34.9 Å². The Balaban J connectivity index is 0.000000648. The van der Waals surface area contributed by atoms with Crippen molar-refractivity contribution in [3.05, 3.63) is 102 Å². The van der Waals surface area contributed by atoms with Gasteiger partial charge in [-0.15, -0.1) is 0 Å². The molecule has 0 aliphatic heterocycles. The molecule has 0 fully saturated rings. The summed E-state index contributed by atoms with van der Waals surface area (Å²) >= 11 is 0. The first-order valence-electron chi connectivity index (χ1n) is 11.5. The van der Waals surface area contributed by atoms with E-state index in [-0.39, 0.29) is 5.91 Å². The van der Waals surface area contributed by atoms with Crippen molar-refractivity contribution >= 4 is 55.4 Å². The second-order valence-corrected chi connectivity index (χ2v) is 9.16. The number of benzene rings is 3. The van der Waals surface area contributed by atoms with Crippen LogP contribution in [0.5, 0.6) is 0 Å². The lowest BCUT2D eigenvalue weighted by Crippen LogP contribution is -2.19. The normalized spacial score (nSPS) is 12.2. The summed E-state index contributed by atoms with van der Waals surface area (Å²) in [5.74, 6) is 0.991. The van der Waals surface area contributed by atoms with Crippen molar-refractivity contribution in [2.45, 2.75) is 13.8 Å². The summed E-state index contributed by atoms with van der Waals surface area (Å²) in [4.78, 5) is 12.5. The topological polar surface area (TPSA) is 167 Å². The zero-order valence-corrected chi connectivity index (χ0v) is 21.6. The van der Waals surface area contributed by atoms with E-state index in [4.69, 9.17) is 26.4 Å². The molecule has 0 unspecified atom stereocenters. The van der Waals surface area contributed by atoms with Crippen LogP contribution in [0.1, 0.15) is 35.7 Å². The number of furan rings is 2. The lowest BCUT2D eigenvalue weighted by Gasteiger charge is -2.04. The number of rotatable bonds is 6. The minimum atomic E-state index is -4.67. The molecule has 2 heterocycles. The maximum atomic E-state index is 12.5. The van der Waals surface area contributed by atoms with E-state index in [9.17, 15) is 4.79 Å². The van der Waals surface area contributed by atoms with E-state index in [0.29, 0.717) is 28.5 Å². The fourth-order valence-electron chi connectivity index (χ4n) is 3.47. The SMILES string of the molecule is C/C(=N\NC(=O)c1ccc(N/N=C(\C)c2cc3ccccc3o2)cc1)c1cc2ccccc2o1.O=S(=O)(O)O. The highest BCUT2D eigenvalue weighted by molar-refractivity contribution is 7.79. The number of carbonyl (C=O) groups is 1. The molecule has 0 spiro atoms. The van der Waals surface area contributed by atoms with Crippen LogP contribution < -0.4 is 10.9 Å². The number of anilines is 1. The van der Waals surface area contributed by atoms with Crippen molar-refractivity contribution < 1.29 is 31.2 Å². The van der Waals surface area contributed by atoms with Gasteiger partial charge in [-0.05, 0) is 62.4 Å². The second-order valence-electron chi connectivity index (χ2n) is 8.27. The van der Waals surface area contributed by atoms with Crippen molar-refractivity contribution in [2.24, 2.45) is 10.2 Å². The van der Waals surface area contributed by atoms with Crippen LogP contribution >= 0.6 is 0 Å². The molecule has 0 aliphatic carbocycles. The molecule has 2 aromatic heterocycles. The minimum absolute atomic E-state index is 0.316. The van der Waals surface area contributed by atoms with Crippen LogP contribution in [0.4, 0.5) is 5.69 Å². The Morgan fingerprint density at radius 3 is 1.69 bits per heavy atom. The maximum absolute atomic E-state index is 12.5. The largest absolute Gasteiger partial charge is 0.455 e. The Labute approximate surface area is 223 Å². The second kappa shape index (κ2) is 11.7. The van der Waals surface area contributed by atoms with Crippen LogP contribution in [0, 0.1) is 0 Å². The Morgan fingerprint density at radius 1 is 0.744 bits per heavy atom. The van der Waals surface area contributed by atoms with Crippen molar-refractivity contribution in [2.75, 3.05) is 5.43 Å². The van der Waals surface area contributed by atoms with Crippen LogP contribution in [0.25, 0.3) is 21.9 Å². The predicted octanol–water partition coefficient (Wildman–Crippen LogP) is 5.52. The lowest BCUT2D eigenvalue weighted by atomic mass is 10.2. The first-order valence-corrected chi connectivity index (χ1v) is 12.9. The molecule has 0 saturated heterocycles. The molecule has 0 saturated carbocycles. The van der Waals surface area contributed by atoms with Gasteiger partial charge in [-0.2, -0.15) is 18.6 Å². The van der Waals surface area contributed by atoms with E-state index < -0.39 is 10.4 Å². The molecule has 39 heavy (non-hydrogen) atoms. The summed E-state index contributed by atoms with van der Waals surface area (Å²) < 4.78 is 43.2. The van der Waals surface area contributed by atoms with E-state index in [1.807, 2.05) is 67.6 Å². The number of hydrogen-bond acceptors (Lipinski definition) is 8. The summed E-state index contributed by atoms with van der Waals surface area (Å²) in [6, 6.07) is 26.3. The van der Waals surface area contributed by atoms with Gasteiger partial charge in [0, 0.05) is 16.3 Å². The van der Waals surface area contributed by atoms with Gasteiger partial charge in [0.2, 0.25) is 0 Å². The number of fused-ring (bicyclic) bond motifs is 2. The quantitative estimate of drug-likeness (QED) is 0.122. The van der Waals surface area contributed by atoms with Gasteiger partial charge in [0.1, 0.15) is 22.6 Å². The van der Waals surface area contributed by atoms with E-state index in [1.165, 1.54) is 0 Å². The summed E-state index contributed by atoms with van der Waals surface area (Å²) in [6.45, 7) is 3.65. The van der Waals surface area contributed by atoms with E-state index in [0.717, 1.165) is 27.6 Å². The van der Waals surface area contributed by atoms with Gasteiger partial charge in [0.25, 0.3) is 5.91 Å². The number of hydrogen-bond donors (Lipinski definition) is 4. The highest BCUT2D eigenvalue weighted by Crippen LogP contribution is 2.20. The van der Waals surface area contributed by atoms with E-state index in [1.54, 1.807) is 31.2 Å². The van der Waals surface area contributed by atoms with Crippen molar-refractivity contribution in [1.29, 1.82) is 0 Å². The summed E-state index contributed by atoms with van der Waals surface area (Å²) in [5, 5.41) is 10.6. The highest BCUT2D eigenvalue weighted by Gasteiger charge is 2.09. The third kappa shape index (κ3) is 7.61. The lowest BCUT2D eigenvalue weighted by molar-refractivity contribution is 0.0954. The van der Waals surface area contributed by atoms with Crippen LogP contribution in [0.2, 0.25) is 0 Å². The number of nitrogens with one attached hydrogen (secondary N) is 2. The van der Waals surface area contributed by atoms with E-state index in [2.05, 4.69) is 21.1 Å². The third-order valence-corrected chi connectivity index (χ3v) is 5.39. The average molecular weight is 549 g/mol. The first kappa shape index (κ1) is 27.3. The van der Waals surface area contributed by atoms with Crippen LogP contribution in [-0.2, 0) is 10.4 Å². The van der Waals surface area contributed by atoms with Gasteiger partial charge in [0.05, 0.1) is 5.69 Å². The third-order valence-electron chi connectivity index (χ3n) is 5.39. The number of hydrazone groups is 2. The zero-order chi connectivity index (χ0) is 28.0. The number of nitrogens with zero attached hydrogens (tertiary/aromatic N) is 2. The smallest absolute Gasteiger partial charge is 0.394 e. The molecular formula is C27H24N4O7S. The molecule has 12 heteroatoms. The molecule has 3 aromatic carbocycles. The molecule has 1 amide bonds. The Bertz CT molecular complexity index is 1710. The Kier molecular flexibility index (Phi) is 8.20. The first-order chi connectivity index (χ1) is 18.6. The van der Waals surface area contributed by atoms with E-state index >= 15 is 0 Å². The molecule has 11 nitrogen and oxygen atoms in total. The number of para-hydroxylation sites is 2. The van der Waals surface area contributed by atoms with Crippen molar-refractivity contribution in [3.8, 4) is 0 Å². The highest BCUT2D eigenvalue weighted by atomic mass is 32.3. The van der Waals surface area contributed by atoms with Gasteiger partial charge in [-0.25, -0.2) is 5.43 Å². The number of carbonyl (C=O) groups excluding carboxylic acids is 1. The molecule has 0 aliphatic rings. The van der Waals surface area contributed by atoms with Gasteiger partial charge < -0.3 is 8.83 Å². The summed E-state index contributed by atoms with van der Waals surface area (Å²) in [6.07, 6.45) is 0. The fourth-order valence-corrected chi connectivity index (χ4v) is 3.47. The van der Waals surface area contributed by atoms with Crippen LogP contribution in [0.15, 0.2) is 104 Å². The van der Waals surface area contributed by atoms with Gasteiger partial charge in [-0.1, -0.05) is 36.4 Å².